The van der Waals surface area contributed by atoms with E-state index in [4.69, 9.17) is 4.74 Å². The molecule has 2 saturated heterocycles. The number of ether oxygens (including phenoxy) is 1. The molecule has 16 heavy (non-hydrogen) atoms. The van der Waals surface area contributed by atoms with Crippen molar-refractivity contribution in [2.45, 2.75) is 43.4 Å². The van der Waals surface area contributed by atoms with Gasteiger partial charge in [0, 0.05) is 18.1 Å². The predicted octanol–water partition coefficient (Wildman–Crippen LogP) is -0.0121. The number of piperidine rings is 1. The van der Waals surface area contributed by atoms with Gasteiger partial charge in [0.25, 0.3) is 0 Å². The van der Waals surface area contributed by atoms with Gasteiger partial charge < -0.3 is 9.64 Å². The summed E-state index contributed by atoms with van der Waals surface area (Å²) in [5.41, 5.74) is 0.891. The van der Waals surface area contributed by atoms with E-state index >= 15 is 0 Å². The first-order valence-corrected chi connectivity index (χ1v) is 6.28. The number of fused-ring (bicyclic) bond motifs is 3. The van der Waals surface area contributed by atoms with Gasteiger partial charge in [0.2, 0.25) is 0 Å². The lowest BCUT2D eigenvalue weighted by Crippen LogP contribution is -3.18. The predicted molar refractivity (Wildman–Crippen MR) is 57.9 cm³/mol. The fourth-order valence-corrected chi connectivity index (χ4v) is 4.16. The van der Waals surface area contributed by atoms with E-state index in [1.54, 1.807) is 11.0 Å². The Labute approximate surface area is 94.8 Å². The highest BCUT2D eigenvalue weighted by atomic mass is 16.6. The van der Waals surface area contributed by atoms with Gasteiger partial charge >= 0.3 is 5.97 Å². The molecule has 3 nitrogen and oxygen atoms in total. The van der Waals surface area contributed by atoms with E-state index in [2.05, 4.69) is 12.2 Å². The van der Waals surface area contributed by atoms with E-state index < -0.39 is 0 Å². The minimum atomic E-state index is -0.244. The summed E-state index contributed by atoms with van der Waals surface area (Å²) in [7, 11) is 0. The van der Waals surface area contributed by atoms with Crippen molar-refractivity contribution in [3.05, 3.63) is 23.8 Å². The molecule has 0 radical (unpaired) electrons. The monoisotopic (exact) mass is 218 g/mol. The second kappa shape index (κ2) is 2.77. The van der Waals surface area contributed by atoms with Gasteiger partial charge in [-0.3, -0.25) is 0 Å². The Hall–Kier alpha value is -1.09. The van der Waals surface area contributed by atoms with Gasteiger partial charge in [-0.2, -0.15) is 0 Å². The Balaban J connectivity index is 1.84. The van der Waals surface area contributed by atoms with Gasteiger partial charge in [-0.1, -0.05) is 6.08 Å². The number of hydrogen-bond donors (Lipinski definition) is 1. The van der Waals surface area contributed by atoms with E-state index in [0.717, 1.165) is 12.0 Å². The van der Waals surface area contributed by atoms with Crippen molar-refractivity contribution in [1.29, 1.82) is 0 Å². The molecule has 0 saturated carbocycles. The third-order valence-electron chi connectivity index (χ3n) is 4.77. The van der Waals surface area contributed by atoms with Crippen LogP contribution in [0.25, 0.3) is 0 Å². The van der Waals surface area contributed by atoms with Crippen LogP contribution in [0.1, 0.15) is 25.7 Å². The number of hydrogen-bond acceptors (Lipinski definition) is 2. The van der Waals surface area contributed by atoms with E-state index in [1.807, 2.05) is 0 Å². The van der Waals surface area contributed by atoms with Crippen molar-refractivity contribution in [2.75, 3.05) is 6.54 Å². The van der Waals surface area contributed by atoms with Crippen LogP contribution in [0.15, 0.2) is 23.8 Å². The van der Waals surface area contributed by atoms with Crippen LogP contribution < -0.4 is 4.90 Å². The highest BCUT2D eigenvalue weighted by molar-refractivity contribution is 5.88. The molecular weight excluding hydrogens is 202 g/mol. The molecule has 0 aromatic carbocycles. The molecule has 2 bridgehead atoms. The number of esters is 1. The largest absolute Gasteiger partial charge is 0.444 e. The number of carbonyl (C=O) groups is 1. The van der Waals surface area contributed by atoms with Gasteiger partial charge in [-0.25, -0.2) is 4.79 Å². The number of quaternary nitrogens is 1. The molecule has 4 atom stereocenters. The zero-order valence-electron chi connectivity index (χ0n) is 9.24. The Morgan fingerprint density at radius 3 is 3.31 bits per heavy atom. The van der Waals surface area contributed by atoms with Crippen LogP contribution in [0.5, 0.6) is 0 Å². The molecule has 4 rings (SSSR count). The second-order valence-electron chi connectivity index (χ2n) is 5.45. The molecule has 1 unspecified atom stereocenters. The number of carbonyl (C=O) groups excluding carboxylic acids is 1. The third-order valence-corrected chi connectivity index (χ3v) is 4.77. The number of rotatable bonds is 0. The molecule has 84 valence electrons. The van der Waals surface area contributed by atoms with E-state index in [9.17, 15) is 4.79 Å². The Kier molecular flexibility index (Phi) is 1.56. The summed E-state index contributed by atoms with van der Waals surface area (Å²) in [4.78, 5) is 13.2. The smallest absolute Gasteiger partial charge is 0.332 e. The molecule has 1 N–H and O–H groups in total. The third kappa shape index (κ3) is 0.908. The van der Waals surface area contributed by atoms with Gasteiger partial charge in [0.1, 0.15) is 12.1 Å². The van der Waals surface area contributed by atoms with Crippen molar-refractivity contribution >= 4 is 5.97 Å². The van der Waals surface area contributed by atoms with Gasteiger partial charge in [-0.15, -0.1) is 0 Å². The summed E-state index contributed by atoms with van der Waals surface area (Å²) in [6, 6.07) is 1.09. The fourth-order valence-electron chi connectivity index (χ4n) is 4.16. The van der Waals surface area contributed by atoms with Crippen molar-refractivity contribution < 1.29 is 14.4 Å². The summed E-state index contributed by atoms with van der Waals surface area (Å²) >= 11 is 0. The highest BCUT2D eigenvalue weighted by Gasteiger charge is 2.63. The standard InChI is InChI=1S/C13H15NO2/c15-12-7-9-4-5-10-8-13(9,16-12)11-3-1-2-6-14(10)11/h4-5,7,10-11H,1-3,6,8H2/p+1/t10-,11-,13+/m0/s1. The molecule has 2 fully saturated rings. The van der Waals surface area contributed by atoms with Crippen molar-refractivity contribution in [3.63, 3.8) is 0 Å². The lowest BCUT2D eigenvalue weighted by molar-refractivity contribution is -0.937. The summed E-state index contributed by atoms with van der Waals surface area (Å²) in [6.07, 6.45) is 10.9. The topological polar surface area (TPSA) is 30.7 Å². The van der Waals surface area contributed by atoms with Crippen molar-refractivity contribution in [3.8, 4) is 0 Å². The molecule has 0 aromatic rings. The molecule has 4 aliphatic rings. The summed E-state index contributed by atoms with van der Waals surface area (Å²) < 4.78 is 5.71. The summed E-state index contributed by atoms with van der Waals surface area (Å²) in [5.74, 6) is -0.132. The summed E-state index contributed by atoms with van der Waals surface area (Å²) in [6.45, 7) is 1.24. The van der Waals surface area contributed by atoms with Crippen LogP contribution in [0, 0.1) is 0 Å². The molecule has 1 spiro atoms. The Morgan fingerprint density at radius 2 is 2.38 bits per heavy atom. The lowest BCUT2D eigenvalue weighted by Gasteiger charge is -2.34. The van der Waals surface area contributed by atoms with Crippen LogP contribution in [0.2, 0.25) is 0 Å². The van der Waals surface area contributed by atoms with Crippen molar-refractivity contribution in [2.24, 2.45) is 0 Å². The number of nitrogens with one attached hydrogen (secondary N) is 1. The average Bonchev–Trinajstić information content (AvgIpc) is 2.76. The highest BCUT2D eigenvalue weighted by Crippen LogP contribution is 2.43. The zero-order valence-corrected chi connectivity index (χ0v) is 9.24. The maximum absolute atomic E-state index is 11.5. The maximum atomic E-state index is 11.5. The van der Waals surface area contributed by atoms with E-state index in [1.165, 1.54) is 25.8 Å². The van der Waals surface area contributed by atoms with Gasteiger partial charge in [0.15, 0.2) is 5.60 Å². The lowest BCUT2D eigenvalue weighted by atomic mass is 9.80. The molecule has 0 aromatic heterocycles. The first-order chi connectivity index (χ1) is 7.79. The summed E-state index contributed by atoms with van der Waals surface area (Å²) in [5, 5.41) is 0. The van der Waals surface area contributed by atoms with Crippen molar-refractivity contribution in [1.82, 2.24) is 0 Å². The average molecular weight is 218 g/mol. The molecule has 1 aliphatic carbocycles. The first kappa shape index (κ1) is 8.99. The minimum absolute atomic E-state index is 0.132. The van der Waals surface area contributed by atoms with E-state index in [0.29, 0.717) is 12.1 Å². The van der Waals surface area contributed by atoms with Crippen LogP contribution in [0.3, 0.4) is 0 Å². The van der Waals surface area contributed by atoms with E-state index in [-0.39, 0.29) is 11.6 Å². The zero-order chi connectivity index (χ0) is 10.8. The quantitative estimate of drug-likeness (QED) is 0.580. The van der Waals surface area contributed by atoms with Crippen LogP contribution in [-0.4, -0.2) is 30.2 Å². The molecule has 0 amide bonds. The SMILES string of the molecule is O=C1C=C2C=C[C@H]3C[C@]2(O1)[C@@H]1CCCC[NH+]13. The Morgan fingerprint density at radius 1 is 1.44 bits per heavy atom. The Bertz CT molecular complexity index is 426. The van der Waals surface area contributed by atoms with Crippen LogP contribution in [0.4, 0.5) is 0 Å². The fraction of sp³-hybridized carbons (Fsp3) is 0.615. The van der Waals surface area contributed by atoms with Crippen LogP contribution in [-0.2, 0) is 9.53 Å². The molecular formula is C13H16NO2+. The normalized spacial score (nSPS) is 48.4. The minimum Gasteiger partial charge on any atom is -0.444 e. The molecule has 3 heteroatoms. The second-order valence-corrected chi connectivity index (χ2v) is 5.45. The van der Waals surface area contributed by atoms with Crippen LogP contribution >= 0.6 is 0 Å². The molecule has 3 heterocycles. The van der Waals surface area contributed by atoms with Gasteiger partial charge in [0.05, 0.1) is 13.0 Å². The van der Waals surface area contributed by atoms with Gasteiger partial charge in [-0.05, 0) is 18.9 Å². The maximum Gasteiger partial charge on any atom is 0.332 e. The molecule has 3 aliphatic heterocycles. The first-order valence-electron chi connectivity index (χ1n) is 6.28.